The summed E-state index contributed by atoms with van der Waals surface area (Å²) in [5, 5.41) is 2.43. The van der Waals surface area contributed by atoms with Crippen molar-refractivity contribution in [3.05, 3.63) is 102 Å². The van der Waals surface area contributed by atoms with Gasteiger partial charge >= 0.3 is 0 Å². The van der Waals surface area contributed by atoms with Crippen molar-refractivity contribution in [2.24, 2.45) is 4.99 Å². The Morgan fingerprint density at radius 1 is 1.00 bits per heavy atom. The number of rotatable bonds is 6. The van der Waals surface area contributed by atoms with E-state index in [1.165, 1.54) is 36.1 Å². The highest BCUT2D eigenvalue weighted by Gasteiger charge is 2.34. The number of halogens is 1. The van der Waals surface area contributed by atoms with Crippen molar-refractivity contribution in [3.8, 4) is 0 Å². The molecular formula is C27H22FN3O3S. The van der Waals surface area contributed by atoms with Crippen molar-refractivity contribution in [2.75, 3.05) is 10.2 Å². The number of hydrogen-bond donors (Lipinski definition) is 1. The van der Waals surface area contributed by atoms with Crippen LogP contribution in [0, 0.1) is 5.82 Å². The molecule has 3 aromatic rings. The zero-order chi connectivity index (χ0) is 24.9. The summed E-state index contributed by atoms with van der Waals surface area (Å²) in [6.07, 6.45) is 1.68. The van der Waals surface area contributed by atoms with Crippen LogP contribution in [0.15, 0.2) is 89.6 Å². The minimum Gasteiger partial charge on any atom is -0.326 e. The highest BCUT2D eigenvalue weighted by Crippen LogP contribution is 2.32. The monoisotopic (exact) mass is 487 g/mol. The Bertz CT molecular complexity index is 1320. The second-order valence-electron chi connectivity index (χ2n) is 7.83. The fraction of sp³-hybridized carbons (Fsp3) is 0.111. The molecule has 8 heteroatoms. The molecule has 35 heavy (non-hydrogen) atoms. The van der Waals surface area contributed by atoms with Crippen molar-refractivity contribution in [2.45, 2.75) is 19.1 Å². The molecule has 1 atom stereocenters. The second kappa shape index (κ2) is 10.5. The summed E-state index contributed by atoms with van der Waals surface area (Å²) in [6.45, 7) is 3.15. The van der Waals surface area contributed by atoms with Gasteiger partial charge < -0.3 is 5.32 Å². The van der Waals surface area contributed by atoms with Gasteiger partial charge in [0.05, 0.1) is 10.9 Å². The van der Waals surface area contributed by atoms with Gasteiger partial charge in [0, 0.05) is 18.2 Å². The highest BCUT2D eigenvalue weighted by atomic mass is 32.2. The van der Waals surface area contributed by atoms with Gasteiger partial charge in [0.1, 0.15) is 11.5 Å². The van der Waals surface area contributed by atoms with Crippen LogP contribution >= 0.6 is 11.8 Å². The molecule has 1 unspecified atom stereocenters. The van der Waals surface area contributed by atoms with E-state index in [-0.39, 0.29) is 23.3 Å². The van der Waals surface area contributed by atoms with Gasteiger partial charge in [-0.25, -0.2) is 9.38 Å². The van der Waals surface area contributed by atoms with Gasteiger partial charge in [-0.3, -0.25) is 19.3 Å². The SMILES string of the molecule is CC(=O)Nc1ccc(C(=O)C(C)SC2=N/C(=C\c3ccccc3)C(=O)N2c2ccc(F)cc2)cc1. The zero-order valence-electron chi connectivity index (χ0n) is 19.1. The van der Waals surface area contributed by atoms with E-state index in [1.807, 2.05) is 30.3 Å². The standard InChI is InChI=1S/C27H22FN3O3S/c1-17(25(33)20-8-12-22(13-9-20)29-18(2)32)35-27-30-24(16-19-6-4-3-5-7-19)26(34)31(27)23-14-10-21(28)11-15-23/h3-17H,1-2H3,(H,29,32)/b24-16-. The van der Waals surface area contributed by atoms with E-state index in [0.717, 1.165) is 17.3 Å². The van der Waals surface area contributed by atoms with Crippen molar-refractivity contribution < 1.29 is 18.8 Å². The topological polar surface area (TPSA) is 78.8 Å². The Balaban J connectivity index is 1.61. The first-order valence-corrected chi connectivity index (χ1v) is 11.7. The predicted molar refractivity (Wildman–Crippen MR) is 138 cm³/mol. The number of amides is 2. The Hall–Kier alpha value is -4.04. The maximum Gasteiger partial charge on any atom is 0.283 e. The van der Waals surface area contributed by atoms with Crippen molar-refractivity contribution in [1.82, 2.24) is 0 Å². The molecule has 0 spiro atoms. The van der Waals surface area contributed by atoms with Crippen LogP contribution in [0.25, 0.3) is 6.08 Å². The van der Waals surface area contributed by atoms with Crippen LogP contribution in [-0.4, -0.2) is 28.0 Å². The molecule has 0 fully saturated rings. The average molecular weight is 488 g/mol. The lowest BCUT2D eigenvalue weighted by atomic mass is 10.1. The van der Waals surface area contributed by atoms with Crippen LogP contribution in [-0.2, 0) is 9.59 Å². The number of benzene rings is 3. The zero-order valence-corrected chi connectivity index (χ0v) is 19.9. The molecule has 0 aromatic heterocycles. The van der Waals surface area contributed by atoms with Gasteiger partial charge in [0.2, 0.25) is 5.91 Å². The molecule has 1 aliphatic heterocycles. The molecule has 4 rings (SSSR count). The lowest BCUT2D eigenvalue weighted by Crippen LogP contribution is -2.32. The molecule has 0 saturated heterocycles. The quantitative estimate of drug-likeness (QED) is 0.366. The number of nitrogens with zero attached hydrogens (tertiary/aromatic N) is 2. The van der Waals surface area contributed by atoms with Gasteiger partial charge in [-0.2, -0.15) is 0 Å². The molecule has 1 aliphatic rings. The first-order chi connectivity index (χ1) is 16.8. The molecule has 1 heterocycles. The number of amidine groups is 1. The lowest BCUT2D eigenvalue weighted by molar-refractivity contribution is -0.114. The van der Waals surface area contributed by atoms with Crippen molar-refractivity contribution in [1.29, 1.82) is 0 Å². The number of carbonyl (C=O) groups is 3. The first-order valence-electron chi connectivity index (χ1n) is 10.9. The number of hydrogen-bond acceptors (Lipinski definition) is 5. The maximum atomic E-state index is 13.5. The maximum absolute atomic E-state index is 13.5. The van der Waals surface area contributed by atoms with Crippen LogP contribution in [0.1, 0.15) is 29.8 Å². The molecule has 0 saturated carbocycles. The number of nitrogens with one attached hydrogen (secondary N) is 1. The van der Waals surface area contributed by atoms with E-state index in [2.05, 4.69) is 10.3 Å². The molecule has 0 bridgehead atoms. The van der Waals surface area contributed by atoms with Crippen LogP contribution in [0.4, 0.5) is 15.8 Å². The van der Waals surface area contributed by atoms with E-state index in [4.69, 9.17) is 0 Å². The van der Waals surface area contributed by atoms with Gasteiger partial charge in [-0.15, -0.1) is 0 Å². The summed E-state index contributed by atoms with van der Waals surface area (Å²) in [4.78, 5) is 43.5. The Morgan fingerprint density at radius 3 is 2.29 bits per heavy atom. The average Bonchev–Trinajstić information content (AvgIpc) is 3.14. The fourth-order valence-electron chi connectivity index (χ4n) is 3.47. The number of thioether (sulfide) groups is 1. The molecule has 2 amide bonds. The highest BCUT2D eigenvalue weighted by molar-refractivity contribution is 8.15. The number of Topliss-reactive ketones (excluding diaryl/α,β-unsaturated/α-hetero) is 1. The Morgan fingerprint density at radius 2 is 1.66 bits per heavy atom. The number of anilines is 2. The molecule has 0 aliphatic carbocycles. The van der Waals surface area contributed by atoms with E-state index in [1.54, 1.807) is 37.3 Å². The molecule has 1 N–H and O–H groups in total. The van der Waals surface area contributed by atoms with Crippen LogP contribution in [0.2, 0.25) is 0 Å². The fourth-order valence-corrected chi connectivity index (χ4v) is 4.47. The van der Waals surface area contributed by atoms with Crippen LogP contribution in [0.5, 0.6) is 0 Å². The van der Waals surface area contributed by atoms with Crippen LogP contribution < -0.4 is 10.2 Å². The van der Waals surface area contributed by atoms with Crippen molar-refractivity contribution >= 4 is 52.0 Å². The second-order valence-corrected chi connectivity index (χ2v) is 9.14. The van der Waals surface area contributed by atoms with E-state index in [9.17, 15) is 18.8 Å². The molecule has 0 radical (unpaired) electrons. The summed E-state index contributed by atoms with van der Waals surface area (Å²) in [5.41, 5.74) is 2.56. The minimum absolute atomic E-state index is 0.154. The van der Waals surface area contributed by atoms with Gasteiger partial charge in [-0.1, -0.05) is 42.1 Å². The first kappa shape index (κ1) is 24.1. The van der Waals surface area contributed by atoms with E-state index in [0.29, 0.717) is 22.1 Å². The number of aliphatic imine (C=N–C) groups is 1. The Kier molecular flexibility index (Phi) is 7.22. The van der Waals surface area contributed by atoms with Gasteiger partial charge in [0.15, 0.2) is 11.0 Å². The normalized spacial score (nSPS) is 15.2. The van der Waals surface area contributed by atoms with E-state index >= 15 is 0 Å². The molecule has 6 nitrogen and oxygen atoms in total. The minimum atomic E-state index is -0.563. The third-order valence-electron chi connectivity index (χ3n) is 5.16. The molecular weight excluding hydrogens is 465 g/mol. The summed E-state index contributed by atoms with van der Waals surface area (Å²) in [5.74, 6) is -1.13. The molecule has 176 valence electrons. The third kappa shape index (κ3) is 5.73. The van der Waals surface area contributed by atoms with Gasteiger partial charge in [-0.05, 0) is 67.1 Å². The molecule has 3 aromatic carbocycles. The third-order valence-corrected chi connectivity index (χ3v) is 6.21. The van der Waals surface area contributed by atoms with Gasteiger partial charge in [0.25, 0.3) is 5.91 Å². The number of ketones is 1. The summed E-state index contributed by atoms with van der Waals surface area (Å²) < 4.78 is 13.5. The lowest BCUT2D eigenvalue weighted by Gasteiger charge is -2.20. The van der Waals surface area contributed by atoms with E-state index < -0.39 is 11.1 Å². The number of carbonyl (C=O) groups excluding carboxylic acids is 3. The summed E-state index contributed by atoms with van der Waals surface area (Å²) >= 11 is 1.15. The summed E-state index contributed by atoms with van der Waals surface area (Å²) in [6, 6.07) is 21.5. The Labute approximate surface area is 206 Å². The summed E-state index contributed by atoms with van der Waals surface area (Å²) in [7, 11) is 0. The smallest absolute Gasteiger partial charge is 0.283 e. The largest absolute Gasteiger partial charge is 0.326 e. The van der Waals surface area contributed by atoms with Crippen molar-refractivity contribution in [3.63, 3.8) is 0 Å². The predicted octanol–water partition coefficient (Wildman–Crippen LogP) is 5.53. The van der Waals surface area contributed by atoms with Crippen LogP contribution in [0.3, 0.4) is 0 Å².